The second-order valence-electron chi connectivity index (χ2n) is 7.68. The van der Waals surface area contributed by atoms with Crippen molar-refractivity contribution < 1.29 is 14.4 Å². The zero-order chi connectivity index (χ0) is 17.0. The Hall–Kier alpha value is -1.68. The molecule has 2 aliphatic carbocycles. The molecule has 2 saturated carbocycles. The number of aryl methyl sites for hydroxylation is 1. The summed E-state index contributed by atoms with van der Waals surface area (Å²) in [6.45, 7) is 8.19. The van der Waals surface area contributed by atoms with Gasteiger partial charge in [-0.05, 0) is 47.9 Å². The lowest BCUT2D eigenvalue weighted by Gasteiger charge is -2.46. The SMILES string of the molecule is CCc1ccc(ON)cc1C1C(=O)C2CCC(C)(C1=O)C2(C)C. The van der Waals surface area contributed by atoms with Gasteiger partial charge in [-0.2, -0.15) is 5.90 Å². The number of Topliss-reactive ketones (excluding diaryl/α,β-unsaturated/α-hetero) is 2. The van der Waals surface area contributed by atoms with Crippen LogP contribution >= 0.6 is 0 Å². The van der Waals surface area contributed by atoms with E-state index in [1.165, 1.54) is 0 Å². The number of rotatable bonds is 3. The van der Waals surface area contributed by atoms with Crippen molar-refractivity contribution >= 4 is 11.6 Å². The standard InChI is InChI=1S/C19H25NO3/c1-5-11-6-7-12(23-20)10-13(11)15-16(21)14-8-9-19(4,17(15)22)18(14,2)3/h6-7,10,14-15H,5,8-9,20H2,1-4H3. The van der Waals surface area contributed by atoms with Crippen LogP contribution in [0.25, 0.3) is 0 Å². The Labute approximate surface area is 137 Å². The van der Waals surface area contributed by atoms with Crippen LogP contribution in [0.5, 0.6) is 5.75 Å². The molecule has 4 nitrogen and oxygen atoms in total. The molecule has 1 aromatic rings. The Morgan fingerprint density at radius 1 is 1.26 bits per heavy atom. The monoisotopic (exact) mass is 315 g/mol. The molecule has 0 saturated heterocycles. The molecule has 3 rings (SSSR count). The Bertz CT molecular complexity index is 679. The molecule has 3 atom stereocenters. The molecule has 0 amide bonds. The van der Waals surface area contributed by atoms with E-state index in [4.69, 9.17) is 10.7 Å². The van der Waals surface area contributed by atoms with Crippen LogP contribution < -0.4 is 10.7 Å². The lowest BCUT2D eigenvalue weighted by molar-refractivity contribution is -0.149. The second-order valence-corrected chi connectivity index (χ2v) is 7.68. The number of nitrogens with two attached hydrogens (primary N) is 1. The fourth-order valence-corrected chi connectivity index (χ4v) is 4.62. The van der Waals surface area contributed by atoms with Crippen LogP contribution in [0.1, 0.15) is 57.6 Å². The first-order valence-electron chi connectivity index (χ1n) is 8.35. The Morgan fingerprint density at radius 3 is 2.57 bits per heavy atom. The molecular weight excluding hydrogens is 290 g/mol. The summed E-state index contributed by atoms with van der Waals surface area (Å²) in [4.78, 5) is 31.3. The topological polar surface area (TPSA) is 69.4 Å². The molecule has 2 N–H and O–H groups in total. The fraction of sp³-hybridized carbons (Fsp3) is 0.579. The molecule has 124 valence electrons. The summed E-state index contributed by atoms with van der Waals surface area (Å²) < 4.78 is 0. The van der Waals surface area contributed by atoms with Gasteiger partial charge in [0.25, 0.3) is 0 Å². The van der Waals surface area contributed by atoms with Crippen molar-refractivity contribution in [2.45, 2.75) is 52.9 Å². The summed E-state index contributed by atoms with van der Waals surface area (Å²) in [6.07, 6.45) is 2.36. The number of benzene rings is 1. The van der Waals surface area contributed by atoms with Gasteiger partial charge in [0, 0.05) is 11.3 Å². The van der Waals surface area contributed by atoms with Crippen molar-refractivity contribution in [2.75, 3.05) is 0 Å². The molecule has 23 heavy (non-hydrogen) atoms. The second kappa shape index (κ2) is 5.17. The molecule has 0 spiro atoms. The van der Waals surface area contributed by atoms with Gasteiger partial charge in [-0.3, -0.25) is 9.59 Å². The minimum Gasteiger partial charge on any atom is -0.412 e. The number of ketones is 2. The number of fused-ring (bicyclic) bond motifs is 2. The van der Waals surface area contributed by atoms with Gasteiger partial charge in [-0.1, -0.05) is 33.8 Å². The summed E-state index contributed by atoms with van der Waals surface area (Å²) in [6, 6.07) is 5.45. The quantitative estimate of drug-likeness (QED) is 0.687. The van der Waals surface area contributed by atoms with E-state index in [2.05, 4.69) is 13.8 Å². The lowest BCUT2D eigenvalue weighted by atomic mass is 9.54. The van der Waals surface area contributed by atoms with Crippen molar-refractivity contribution in [2.24, 2.45) is 22.6 Å². The van der Waals surface area contributed by atoms with Crippen LogP contribution in [0.15, 0.2) is 18.2 Å². The third-order valence-electron chi connectivity index (χ3n) is 6.61. The molecule has 2 bridgehead atoms. The summed E-state index contributed by atoms with van der Waals surface area (Å²) in [5.41, 5.74) is 1.08. The maximum atomic E-state index is 13.3. The first-order chi connectivity index (χ1) is 10.8. The summed E-state index contributed by atoms with van der Waals surface area (Å²) >= 11 is 0. The number of carbonyl (C=O) groups is 2. The number of hydrogen-bond donors (Lipinski definition) is 1. The first kappa shape index (κ1) is 16.2. The van der Waals surface area contributed by atoms with E-state index < -0.39 is 11.3 Å². The predicted molar refractivity (Wildman–Crippen MR) is 88.0 cm³/mol. The highest BCUT2D eigenvalue weighted by molar-refractivity contribution is 6.14. The maximum absolute atomic E-state index is 13.3. The normalized spacial score (nSPS) is 32.2. The highest BCUT2D eigenvalue weighted by Crippen LogP contribution is 2.62. The molecule has 0 aliphatic heterocycles. The number of carbonyl (C=O) groups excluding carboxylic acids is 2. The lowest BCUT2D eigenvalue weighted by Crippen LogP contribution is -2.52. The molecule has 1 aromatic carbocycles. The third kappa shape index (κ3) is 2.01. The van der Waals surface area contributed by atoms with E-state index in [9.17, 15) is 9.59 Å². The van der Waals surface area contributed by atoms with E-state index in [1.807, 2.05) is 19.9 Å². The smallest absolute Gasteiger partial charge is 0.154 e. The van der Waals surface area contributed by atoms with Crippen molar-refractivity contribution in [1.29, 1.82) is 0 Å². The largest absolute Gasteiger partial charge is 0.412 e. The van der Waals surface area contributed by atoms with Crippen LogP contribution in [-0.2, 0) is 16.0 Å². The van der Waals surface area contributed by atoms with E-state index >= 15 is 0 Å². The van der Waals surface area contributed by atoms with Gasteiger partial charge >= 0.3 is 0 Å². The van der Waals surface area contributed by atoms with Crippen LogP contribution in [-0.4, -0.2) is 11.6 Å². The summed E-state index contributed by atoms with van der Waals surface area (Å²) in [7, 11) is 0. The van der Waals surface area contributed by atoms with Crippen LogP contribution in [0.3, 0.4) is 0 Å². The zero-order valence-corrected chi connectivity index (χ0v) is 14.3. The van der Waals surface area contributed by atoms with Crippen LogP contribution in [0, 0.1) is 16.7 Å². The number of hydrogen-bond acceptors (Lipinski definition) is 4. The molecule has 3 unspecified atom stereocenters. The molecule has 0 heterocycles. The van der Waals surface area contributed by atoms with Gasteiger partial charge in [-0.25, -0.2) is 0 Å². The van der Waals surface area contributed by atoms with E-state index in [0.717, 1.165) is 30.4 Å². The highest BCUT2D eigenvalue weighted by Gasteiger charge is 2.64. The van der Waals surface area contributed by atoms with Gasteiger partial charge in [-0.15, -0.1) is 0 Å². The summed E-state index contributed by atoms with van der Waals surface area (Å²) in [5.74, 6) is 5.16. The van der Waals surface area contributed by atoms with Crippen molar-refractivity contribution in [1.82, 2.24) is 0 Å². The van der Waals surface area contributed by atoms with Crippen molar-refractivity contribution in [3.05, 3.63) is 29.3 Å². The Balaban J connectivity index is 2.15. The predicted octanol–water partition coefficient (Wildman–Crippen LogP) is 3.18. The average Bonchev–Trinajstić information content (AvgIpc) is 2.71. The minimum atomic E-state index is -0.675. The molecule has 4 heteroatoms. The minimum absolute atomic E-state index is 0.0534. The first-order valence-corrected chi connectivity index (χ1v) is 8.35. The summed E-state index contributed by atoms with van der Waals surface area (Å²) in [5, 5.41) is 0. The fourth-order valence-electron chi connectivity index (χ4n) is 4.62. The third-order valence-corrected chi connectivity index (χ3v) is 6.61. The van der Waals surface area contributed by atoms with Gasteiger partial charge < -0.3 is 4.84 Å². The zero-order valence-electron chi connectivity index (χ0n) is 14.3. The molecular formula is C19H25NO3. The van der Waals surface area contributed by atoms with Gasteiger partial charge in [0.05, 0.1) is 0 Å². The molecule has 0 aromatic heterocycles. The van der Waals surface area contributed by atoms with E-state index in [-0.39, 0.29) is 22.9 Å². The Kier molecular flexibility index (Phi) is 3.64. The van der Waals surface area contributed by atoms with Crippen molar-refractivity contribution in [3.63, 3.8) is 0 Å². The van der Waals surface area contributed by atoms with Gasteiger partial charge in [0.1, 0.15) is 11.7 Å². The van der Waals surface area contributed by atoms with Crippen LogP contribution in [0.4, 0.5) is 0 Å². The molecule has 0 radical (unpaired) electrons. The van der Waals surface area contributed by atoms with E-state index in [0.29, 0.717) is 5.75 Å². The van der Waals surface area contributed by atoms with Crippen molar-refractivity contribution in [3.8, 4) is 5.75 Å². The highest BCUT2D eigenvalue weighted by atomic mass is 16.6. The van der Waals surface area contributed by atoms with E-state index in [1.54, 1.807) is 12.1 Å². The average molecular weight is 315 g/mol. The molecule has 2 aliphatic rings. The molecule has 2 fully saturated rings. The Morgan fingerprint density at radius 2 is 1.96 bits per heavy atom. The maximum Gasteiger partial charge on any atom is 0.154 e. The van der Waals surface area contributed by atoms with Gasteiger partial charge in [0.15, 0.2) is 11.6 Å². The van der Waals surface area contributed by atoms with Crippen LogP contribution in [0.2, 0.25) is 0 Å². The van der Waals surface area contributed by atoms with Gasteiger partial charge in [0.2, 0.25) is 0 Å².